The Morgan fingerprint density at radius 3 is 2.71 bits per heavy atom. The van der Waals surface area contributed by atoms with E-state index in [9.17, 15) is 13.2 Å². The second-order valence-corrected chi connectivity index (χ2v) is 4.98. The number of hydrogen-bond donors (Lipinski definition) is 2. The fourth-order valence-electron chi connectivity index (χ4n) is 2.87. The Morgan fingerprint density at radius 1 is 1.29 bits per heavy atom. The number of rotatable bonds is 2. The molecule has 1 aromatic carbocycles. The van der Waals surface area contributed by atoms with Crippen molar-refractivity contribution in [3.63, 3.8) is 0 Å². The van der Waals surface area contributed by atoms with Gasteiger partial charge in [-0.1, -0.05) is 0 Å². The summed E-state index contributed by atoms with van der Waals surface area (Å²) in [5.74, 6) is -2.77. The predicted molar refractivity (Wildman–Crippen MR) is 57.2 cm³/mol. The van der Waals surface area contributed by atoms with E-state index in [0.29, 0.717) is 18.5 Å². The van der Waals surface area contributed by atoms with E-state index in [1.807, 2.05) is 0 Å². The summed E-state index contributed by atoms with van der Waals surface area (Å²) in [6.07, 6.45) is 1.20. The molecule has 2 heterocycles. The number of piperazine rings is 1. The van der Waals surface area contributed by atoms with E-state index < -0.39 is 17.5 Å². The van der Waals surface area contributed by atoms with Crippen molar-refractivity contribution in [1.29, 1.82) is 0 Å². The Labute approximate surface area is 97.2 Å². The lowest BCUT2D eigenvalue weighted by molar-refractivity contribution is 0.367. The van der Waals surface area contributed by atoms with Gasteiger partial charge in [0, 0.05) is 30.7 Å². The first-order valence-electron chi connectivity index (χ1n) is 5.70. The van der Waals surface area contributed by atoms with Crippen molar-refractivity contribution in [2.75, 3.05) is 13.1 Å². The van der Waals surface area contributed by atoms with Gasteiger partial charge in [0.15, 0.2) is 11.6 Å². The average molecular weight is 242 g/mol. The molecule has 2 bridgehead atoms. The summed E-state index contributed by atoms with van der Waals surface area (Å²) in [6, 6.07) is 2.06. The minimum absolute atomic E-state index is 0.111. The largest absolute Gasteiger partial charge is 0.311 e. The second kappa shape index (κ2) is 3.71. The van der Waals surface area contributed by atoms with Crippen molar-refractivity contribution in [2.45, 2.75) is 24.4 Å². The van der Waals surface area contributed by atoms with E-state index in [1.54, 1.807) is 0 Å². The van der Waals surface area contributed by atoms with Gasteiger partial charge in [-0.2, -0.15) is 0 Å². The number of benzene rings is 1. The van der Waals surface area contributed by atoms with E-state index >= 15 is 0 Å². The monoisotopic (exact) mass is 242 g/mol. The lowest BCUT2D eigenvalue weighted by Crippen LogP contribution is -2.51. The van der Waals surface area contributed by atoms with Crippen LogP contribution in [0.15, 0.2) is 12.1 Å². The summed E-state index contributed by atoms with van der Waals surface area (Å²) < 4.78 is 39.7. The van der Waals surface area contributed by atoms with E-state index in [4.69, 9.17) is 0 Å². The second-order valence-electron chi connectivity index (χ2n) is 4.98. The van der Waals surface area contributed by atoms with Gasteiger partial charge in [0.2, 0.25) is 0 Å². The smallest absolute Gasteiger partial charge is 0.162 e. The third-order valence-corrected chi connectivity index (χ3v) is 3.69. The Balaban J connectivity index is 1.90. The molecule has 92 valence electrons. The van der Waals surface area contributed by atoms with E-state index in [1.165, 1.54) is 0 Å². The van der Waals surface area contributed by atoms with Crippen LogP contribution in [-0.4, -0.2) is 24.7 Å². The molecule has 2 aliphatic rings. The Morgan fingerprint density at radius 2 is 2.12 bits per heavy atom. The minimum atomic E-state index is -1.11. The van der Waals surface area contributed by atoms with Crippen molar-refractivity contribution in [3.05, 3.63) is 35.1 Å². The molecule has 5 heteroatoms. The summed E-state index contributed by atoms with van der Waals surface area (Å²) in [6.45, 7) is 1.55. The lowest BCUT2D eigenvalue weighted by atomic mass is 9.91. The predicted octanol–water partition coefficient (Wildman–Crippen LogP) is 1.35. The third kappa shape index (κ3) is 1.83. The highest BCUT2D eigenvalue weighted by atomic mass is 19.2. The fourth-order valence-corrected chi connectivity index (χ4v) is 2.87. The van der Waals surface area contributed by atoms with Crippen LogP contribution in [0.2, 0.25) is 0 Å². The van der Waals surface area contributed by atoms with Gasteiger partial charge >= 0.3 is 0 Å². The average Bonchev–Trinajstić information content (AvgIpc) is 2.85. The van der Waals surface area contributed by atoms with Gasteiger partial charge < -0.3 is 10.6 Å². The summed E-state index contributed by atoms with van der Waals surface area (Å²) >= 11 is 0. The van der Waals surface area contributed by atoms with Crippen molar-refractivity contribution >= 4 is 0 Å². The zero-order chi connectivity index (χ0) is 12.0. The molecule has 17 heavy (non-hydrogen) atoms. The summed E-state index contributed by atoms with van der Waals surface area (Å²) in [7, 11) is 0. The van der Waals surface area contributed by atoms with Crippen molar-refractivity contribution in [2.24, 2.45) is 0 Å². The molecule has 0 spiro atoms. The molecule has 0 saturated carbocycles. The molecule has 3 rings (SSSR count). The van der Waals surface area contributed by atoms with Crippen LogP contribution in [0.1, 0.15) is 12.0 Å². The van der Waals surface area contributed by atoms with E-state index in [0.717, 1.165) is 25.6 Å². The highest BCUT2D eigenvalue weighted by molar-refractivity contribution is 5.25. The van der Waals surface area contributed by atoms with E-state index in [2.05, 4.69) is 10.6 Å². The maximum Gasteiger partial charge on any atom is 0.162 e. The third-order valence-electron chi connectivity index (χ3n) is 3.69. The van der Waals surface area contributed by atoms with Crippen LogP contribution in [0.25, 0.3) is 0 Å². The summed E-state index contributed by atoms with van der Waals surface area (Å²) in [4.78, 5) is 0. The SMILES string of the molecule is Fc1cc(F)c(F)c(C[C@@]23CN[C@@H](CN2)C3)c1. The maximum atomic E-state index is 13.6. The first kappa shape index (κ1) is 11.0. The van der Waals surface area contributed by atoms with Crippen molar-refractivity contribution in [1.82, 2.24) is 10.6 Å². The number of hydrogen-bond acceptors (Lipinski definition) is 2. The van der Waals surface area contributed by atoms with Crippen LogP contribution in [-0.2, 0) is 6.42 Å². The molecular formula is C12H13F3N2. The fraction of sp³-hybridized carbons (Fsp3) is 0.500. The lowest BCUT2D eigenvalue weighted by Gasteiger charge is -2.28. The normalized spacial score (nSPS) is 31.1. The first-order chi connectivity index (χ1) is 8.08. The maximum absolute atomic E-state index is 13.6. The highest BCUT2D eigenvalue weighted by Gasteiger charge is 2.44. The van der Waals surface area contributed by atoms with Gasteiger partial charge in [-0.05, 0) is 24.5 Å². The number of halogens is 3. The van der Waals surface area contributed by atoms with Gasteiger partial charge in [-0.15, -0.1) is 0 Å². The van der Waals surface area contributed by atoms with E-state index in [-0.39, 0.29) is 11.1 Å². The molecule has 2 fully saturated rings. The quantitative estimate of drug-likeness (QED) is 0.765. The minimum Gasteiger partial charge on any atom is -0.311 e. The van der Waals surface area contributed by atoms with Crippen LogP contribution in [0, 0.1) is 17.5 Å². The molecule has 0 aromatic heterocycles. The molecule has 2 atom stereocenters. The molecule has 0 radical (unpaired) electrons. The standard InChI is InChI=1S/C12H13F3N2/c13-8-1-7(11(15)10(14)2-8)3-12-4-9(5-17-12)16-6-12/h1-2,9,16-17H,3-6H2/t9-,12-/m1/s1. The van der Waals surface area contributed by atoms with Gasteiger partial charge in [-0.3, -0.25) is 0 Å². The van der Waals surface area contributed by atoms with Gasteiger partial charge in [0.05, 0.1) is 0 Å². The van der Waals surface area contributed by atoms with Gasteiger partial charge in [0.25, 0.3) is 0 Å². The molecule has 2 saturated heterocycles. The van der Waals surface area contributed by atoms with Crippen molar-refractivity contribution < 1.29 is 13.2 Å². The molecule has 0 amide bonds. The Bertz CT molecular complexity index is 453. The Kier molecular flexibility index (Phi) is 2.41. The number of fused-ring (bicyclic) bond motifs is 2. The molecule has 2 nitrogen and oxygen atoms in total. The topological polar surface area (TPSA) is 24.1 Å². The van der Waals surface area contributed by atoms with Crippen molar-refractivity contribution in [3.8, 4) is 0 Å². The summed E-state index contributed by atoms with van der Waals surface area (Å²) in [5.41, 5.74) is -0.134. The Hall–Kier alpha value is -1.07. The van der Waals surface area contributed by atoms with Crippen LogP contribution in [0.4, 0.5) is 13.2 Å². The zero-order valence-electron chi connectivity index (χ0n) is 9.19. The molecule has 2 aliphatic heterocycles. The summed E-state index contributed by atoms with van der Waals surface area (Å²) in [5, 5.41) is 6.60. The van der Waals surface area contributed by atoms with Crippen LogP contribution in [0.5, 0.6) is 0 Å². The molecular weight excluding hydrogens is 229 g/mol. The van der Waals surface area contributed by atoms with Gasteiger partial charge in [0.1, 0.15) is 5.82 Å². The van der Waals surface area contributed by atoms with Gasteiger partial charge in [-0.25, -0.2) is 13.2 Å². The zero-order valence-corrected chi connectivity index (χ0v) is 9.19. The van der Waals surface area contributed by atoms with Crippen LogP contribution in [0.3, 0.4) is 0 Å². The van der Waals surface area contributed by atoms with Crippen LogP contribution >= 0.6 is 0 Å². The first-order valence-corrected chi connectivity index (χ1v) is 5.70. The molecule has 1 aromatic rings. The van der Waals surface area contributed by atoms with Crippen LogP contribution < -0.4 is 10.6 Å². The molecule has 0 aliphatic carbocycles. The molecule has 0 unspecified atom stereocenters. The number of nitrogens with one attached hydrogen (secondary N) is 2. The molecule has 2 N–H and O–H groups in total. The highest BCUT2D eigenvalue weighted by Crippen LogP contribution is 2.30.